The van der Waals surface area contributed by atoms with Crippen molar-refractivity contribution in [3.63, 3.8) is 0 Å². The van der Waals surface area contributed by atoms with Crippen molar-refractivity contribution >= 4 is 5.78 Å². The van der Waals surface area contributed by atoms with E-state index in [-0.39, 0.29) is 37.0 Å². The zero-order chi connectivity index (χ0) is 28.3. The third-order valence-electron chi connectivity index (χ3n) is 6.62. The summed E-state index contributed by atoms with van der Waals surface area (Å²) in [6.45, 7) is 3.30. The van der Waals surface area contributed by atoms with Gasteiger partial charge in [0.2, 0.25) is 0 Å². The molecule has 1 aliphatic heterocycles. The molecular formula is C28H30F3N3O5. The van der Waals surface area contributed by atoms with E-state index in [0.717, 1.165) is 24.3 Å². The van der Waals surface area contributed by atoms with Gasteiger partial charge in [-0.25, -0.2) is 18.2 Å². The number of aromatic nitrogens is 2. The normalized spacial score (nSPS) is 21.3. The summed E-state index contributed by atoms with van der Waals surface area (Å²) in [5.41, 5.74) is 5.77. The van der Waals surface area contributed by atoms with Crippen LogP contribution in [0.5, 0.6) is 5.75 Å². The molecule has 208 valence electrons. The predicted octanol–water partition coefficient (Wildman–Crippen LogP) is 3.53. The lowest BCUT2D eigenvalue weighted by Gasteiger charge is -2.40. The van der Waals surface area contributed by atoms with Gasteiger partial charge in [-0.3, -0.25) is 9.78 Å². The fourth-order valence-corrected chi connectivity index (χ4v) is 4.67. The summed E-state index contributed by atoms with van der Waals surface area (Å²) < 4.78 is 55.4. The molecule has 0 bridgehead atoms. The molecule has 2 aromatic heterocycles. The molecule has 0 amide bonds. The molecule has 4 rings (SSSR count). The first-order valence-corrected chi connectivity index (χ1v) is 12.5. The number of carbonyl (C=O) groups excluding carboxylic acids is 1. The molecule has 4 N–H and O–H groups in total. The van der Waals surface area contributed by atoms with Gasteiger partial charge in [0.15, 0.2) is 5.78 Å². The van der Waals surface area contributed by atoms with Gasteiger partial charge >= 0.3 is 0 Å². The number of hydrogen-bond acceptors (Lipinski definition) is 8. The third kappa shape index (κ3) is 6.27. The van der Waals surface area contributed by atoms with Crippen molar-refractivity contribution in [2.45, 2.75) is 51.0 Å². The second-order valence-electron chi connectivity index (χ2n) is 9.76. The van der Waals surface area contributed by atoms with Crippen molar-refractivity contribution in [1.29, 1.82) is 0 Å². The maximum atomic E-state index is 14.8. The van der Waals surface area contributed by atoms with E-state index < -0.39 is 58.8 Å². The first-order valence-electron chi connectivity index (χ1n) is 12.5. The number of ether oxygens (including phenoxy) is 2. The van der Waals surface area contributed by atoms with Crippen LogP contribution < -0.4 is 10.5 Å². The van der Waals surface area contributed by atoms with E-state index in [4.69, 9.17) is 20.3 Å². The van der Waals surface area contributed by atoms with Gasteiger partial charge < -0.3 is 25.4 Å². The third-order valence-corrected chi connectivity index (χ3v) is 6.62. The first kappa shape index (κ1) is 28.6. The fourth-order valence-electron chi connectivity index (χ4n) is 4.67. The lowest BCUT2D eigenvalue weighted by Crippen LogP contribution is -2.52. The Labute approximate surface area is 223 Å². The summed E-state index contributed by atoms with van der Waals surface area (Å²) in [5.74, 6) is -4.01. The average Bonchev–Trinajstić information content (AvgIpc) is 2.89. The zero-order valence-corrected chi connectivity index (χ0v) is 21.5. The molecule has 11 heteroatoms. The van der Waals surface area contributed by atoms with E-state index in [2.05, 4.69) is 9.97 Å². The highest BCUT2D eigenvalue weighted by molar-refractivity contribution is 5.96. The Hall–Kier alpha value is -3.38. The summed E-state index contributed by atoms with van der Waals surface area (Å²) in [7, 11) is 0. The molecular weight excluding hydrogens is 515 g/mol. The number of rotatable bonds is 9. The Morgan fingerprint density at radius 1 is 1.18 bits per heavy atom. The molecule has 0 saturated carbocycles. The minimum Gasteiger partial charge on any atom is -0.491 e. The van der Waals surface area contributed by atoms with Crippen LogP contribution in [0.25, 0.3) is 11.3 Å². The maximum absolute atomic E-state index is 14.8. The Kier molecular flexibility index (Phi) is 8.96. The first-order chi connectivity index (χ1) is 18.6. The number of carbonyl (C=O) groups is 1. The van der Waals surface area contributed by atoms with Gasteiger partial charge in [0.1, 0.15) is 41.2 Å². The van der Waals surface area contributed by atoms with Crippen molar-refractivity contribution < 1.29 is 37.7 Å². The zero-order valence-electron chi connectivity index (χ0n) is 21.5. The van der Waals surface area contributed by atoms with Crippen molar-refractivity contribution in [3.8, 4) is 17.0 Å². The van der Waals surface area contributed by atoms with Gasteiger partial charge in [0.05, 0.1) is 30.5 Å². The lowest BCUT2D eigenvalue weighted by atomic mass is 9.86. The van der Waals surface area contributed by atoms with E-state index in [1.54, 1.807) is 12.3 Å². The molecule has 1 aliphatic rings. The molecule has 4 atom stereocenters. The molecule has 0 aliphatic carbocycles. The maximum Gasteiger partial charge on any atom is 0.185 e. The van der Waals surface area contributed by atoms with Gasteiger partial charge in [0, 0.05) is 37.0 Å². The summed E-state index contributed by atoms with van der Waals surface area (Å²) in [4.78, 5) is 21.3. The number of nitrogens with zero attached hydrogens (tertiary/aromatic N) is 2. The van der Waals surface area contributed by atoms with Gasteiger partial charge in [0.25, 0.3) is 0 Å². The average molecular weight is 546 g/mol. The topological polar surface area (TPSA) is 128 Å². The molecule has 39 heavy (non-hydrogen) atoms. The highest BCUT2D eigenvalue weighted by atomic mass is 19.1. The number of ketones is 1. The Bertz CT molecular complexity index is 1320. The van der Waals surface area contributed by atoms with Crippen LogP contribution in [-0.2, 0) is 11.2 Å². The SMILES string of the molecule is CC(C)[C@H]1O[C@@H](c2ccncc2CC(=O)c2ccc(F)c(-c3c(F)cc(OCCO)cc3F)n2)C[C@@H](N)[C@@H]1O. The van der Waals surface area contributed by atoms with Crippen LogP contribution in [0.1, 0.15) is 48.0 Å². The van der Waals surface area contributed by atoms with E-state index in [0.29, 0.717) is 17.5 Å². The van der Waals surface area contributed by atoms with E-state index in [1.165, 1.54) is 6.20 Å². The highest BCUT2D eigenvalue weighted by Crippen LogP contribution is 2.36. The Morgan fingerprint density at radius 2 is 1.90 bits per heavy atom. The van der Waals surface area contributed by atoms with Gasteiger partial charge in [-0.1, -0.05) is 13.8 Å². The van der Waals surface area contributed by atoms with Crippen LogP contribution in [0.15, 0.2) is 42.7 Å². The van der Waals surface area contributed by atoms with Gasteiger partial charge in [-0.05, 0) is 41.7 Å². The standard InChI is InChI=1S/C28H30F3N3O5/c1-14(2)28-27(37)21(32)12-24(39-28)17-5-6-33-13-15(17)9-23(36)22-4-3-18(29)26(34-22)25-19(30)10-16(11-20(25)31)38-8-7-35/h3-6,10-11,13-14,21,24,27-28,35,37H,7-9,12,32H2,1-2H3/t21-,24-,27+,28-/m1/s1. The molecule has 1 aromatic carbocycles. The van der Waals surface area contributed by atoms with E-state index in [9.17, 15) is 23.1 Å². The number of aliphatic hydroxyl groups is 2. The number of aliphatic hydroxyl groups excluding tert-OH is 2. The minimum absolute atomic E-state index is 0.00120. The molecule has 1 fully saturated rings. The summed E-state index contributed by atoms with van der Waals surface area (Å²) in [6, 6.07) is 4.95. The molecule has 0 spiro atoms. The minimum atomic E-state index is -1.14. The Morgan fingerprint density at radius 3 is 2.56 bits per heavy atom. The van der Waals surface area contributed by atoms with E-state index in [1.807, 2.05) is 13.8 Å². The molecule has 3 heterocycles. The second kappa shape index (κ2) is 12.2. The van der Waals surface area contributed by atoms with Crippen molar-refractivity contribution in [2.24, 2.45) is 11.7 Å². The van der Waals surface area contributed by atoms with Crippen LogP contribution in [0.4, 0.5) is 13.2 Å². The largest absolute Gasteiger partial charge is 0.491 e. The second-order valence-corrected chi connectivity index (χ2v) is 9.76. The smallest absolute Gasteiger partial charge is 0.185 e. The van der Waals surface area contributed by atoms with Gasteiger partial charge in [-0.15, -0.1) is 0 Å². The molecule has 0 radical (unpaired) electrons. The molecule has 3 aromatic rings. The van der Waals surface area contributed by atoms with Crippen LogP contribution in [0, 0.1) is 23.4 Å². The van der Waals surface area contributed by atoms with Crippen LogP contribution in [-0.4, -0.2) is 57.4 Å². The number of hydrogen-bond donors (Lipinski definition) is 3. The molecule has 8 nitrogen and oxygen atoms in total. The van der Waals surface area contributed by atoms with Gasteiger partial charge in [-0.2, -0.15) is 0 Å². The number of pyridine rings is 2. The highest BCUT2D eigenvalue weighted by Gasteiger charge is 2.38. The lowest BCUT2D eigenvalue weighted by molar-refractivity contribution is -0.145. The van der Waals surface area contributed by atoms with Crippen molar-refractivity contribution in [1.82, 2.24) is 9.97 Å². The predicted molar refractivity (Wildman–Crippen MR) is 135 cm³/mol. The number of nitrogens with two attached hydrogens (primary N) is 1. The summed E-state index contributed by atoms with van der Waals surface area (Å²) >= 11 is 0. The quantitative estimate of drug-likeness (QED) is 0.349. The monoisotopic (exact) mass is 545 g/mol. The number of halogens is 3. The van der Waals surface area contributed by atoms with Crippen molar-refractivity contribution in [3.05, 3.63) is 77.0 Å². The van der Waals surface area contributed by atoms with Crippen LogP contribution in [0.2, 0.25) is 0 Å². The van der Waals surface area contributed by atoms with Crippen LogP contribution in [0.3, 0.4) is 0 Å². The summed E-state index contributed by atoms with van der Waals surface area (Å²) in [5, 5.41) is 19.3. The summed E-state index contributed by atoms with van der Waals surface area (Å²) in [6.07, 6.45) is 1.38. The number of Topliss-reactive ketones (excluding diaryl/α,β-unsaturated/α-hetero) is 1. The Balaban J connectivity index is 1.61. The van der Waals surface area contributed by atoms with Crippen molar-refractivity contribution in [2.75, 3.05) is 13.2 Å². The molecule has 0 unspecified atom stereocenters. The fraction of sp³-hybridized carbons (Fsp3) is 0.393. The number of benzene rings is 1. The van der Waals surface area contributed by atoms with Crippen LogP contribution >= 0.6 is 0 Å². The van der Waals surface area contributed by atoms with E-state index >= 15 is 0 Å². The molecule has 1 saturated heterocycles.